The number of hydrogen-bond acceptors (Lipinski definition) is 3. The number of fused-ring (bicyclic) bond motifs is 1. The highest BCUT2D eigenvalue weighted by Crippen LogP contribution is 2.26. The molecule has 17 heavy (non-hydrogen) atoms. The Morgan fingerprint density at radius 3 is 3.06 bits per heavy atom. The van der Waals surface area contributed by atoms with Gasteiger partial charge in [0, 0.05) is 27.7 Å². The van der Waals surface area contributed by atoms with Crippen molar-refractivity contribution < 1.29 is 9.53 Å². The monoisotopic (exact) mass is 252 g/mol. The van der Waals surface area contributed by atoms with Crippen molar-refractivity contribution in [1.82, 2.24) is 4.98 Å². The Kier molecular flexibility index (Phi) is 3.36. The van der Waals surface area contributed by atoms with Gasteiger partial charge in [0.2, 0.25) is 0 Å². The van der Waals surface area contributed by atoms with E-state index in [2.05, 4.69) is 4.98 Å². The Hall–Kier alpha value is -1.52. The second-order valence-corrected chi connectivity index (χ2v) is 4.10. The van der Waals surface area contributed by atoms with Crippen LogP contribution in [-0.4, -0.2) is 17.6 Å². The highest BCUT2D eigenvalue weighted by molar-refractivity contribution is 6.31. The molecule has 0 saturated carbocycles. The molecule has 90 valence electrons. The molecule has 0 saturated heterocycles. The van der Waals surface area contributed by atoms with E-state index in [9.17, 15) is 4.79 Å². The van der Waals surface area contributed by atoms with Crippen molar-refractivity contribution in [3.8, 4) is 0 Å². The third kappa shape index (κ3) is 2.28. The first-order valence-electron chi connectivity index (χ1n) is 5.32. The van der Waals surface area contributed by atoms with E-state index in [1.807, 2.05) is 6.07 Å². The fraction of sp³-hybridized carbons (Fsp3) is 0.250. The lowest BCUT2D eigenvalue weighted by atomic mass is 10.1. The van der Waals surface area contributed by atoms with Gasteiger partial charge in [-0.2, -0.15) is 0 Å². The highest BCUT2D eigenvalue weighted by atomic mass is 35.5. The van der Waals surface area contributed by atoms with Crippen LogP contribution < -0.4 is 5.73 Å². The molecule has 0 bridgehead atoms. The predicted octanol–water partition coefficient (Wildman–Crippen LogP) is 2.38. The first-order chi connectivity index (χ1) is 8.13. The Labute approximate surface area is 104 Å². The summed E-state index contributed by atoms with van der Waals surface area (Å²) in [5.41, 5.74) is 7.44. The Morgan fingerprint density at radius 1 is 1.59 bits per heavy atom. The zero-order valence-electron chi connectivity index (χ0n) is 9.37. The molecular weight excluding hydrogens is 240 g/mol. The van der Waals surface area contributed by atoms with Gasteiger partial charge in [0.05, 0.1) is 6.61 Å². The van der Waals surface area contributed by atoms with E-state index in [0.717, 1.165) is 10.9 Å². The van der Waals surface area contributed by atoms with Crippen molar-refractivity contribution in [3.05, 3.63) is 35.0 Å². The number of esters is 1. The van der Waals surface area contributed by atoms with Crippen LogP contribution in [0.5, 0.6) is 0 Å². The maximum Gasteiger partial charge on any atom is 0.327 e. The van der Waals surface area contributed by atoms with E-state index in [-0.39, 0.29) is 0 Å². The number of H-pyrrole nitrogens is 1. The van der Waals surface area contributed by atoms with Crippen molar-refractivity contribution in [2.45, 2.75) is 13.0 Å². The van der Waals surface area contributed by atoms with Crippen LogP contribution in [0, 0.1) is 0 Å². The first kappa shape index (κ1) is 12.0. The maximum absolute atomic E-state index is 11.6. The van der Waals surface area contributed by atoms with Crippen molar-refractivity contribution in [3.63, 3.8) is 0 Å². The zero-order chi connectivity index (χ0) is 12.4. The van der Waals surface area contributed by atoms with Gasteiger partial charge in [0.25, 0.3) is 0 Å². The minimum absolute atomic E-state index is 0.315. The summed E-state index contributed by atoms with van der Waals surface area (Å²) in [5.74, 6) is -0.437. The normalized spacial score (nSPS) is 12.6. The summed E-state index contributed by atoms with van der Waals surface area (Å²) in [6.45, 7) is 2.06. The lowest BCUT2D eigenvalue weighted by Crippen LogP contribution is -2.23. The van der Waals surface area contributed by atoms with Gasteiger partial charge < -0.3 is 15.5 Å². The van der Waals surface area contributed by atoms with Crippen LogP contribution in [0.15, 0.2) is 24.4 Å². The van der Waals surface area contributed by atoms with Gasteiger partial charge in [-0.15, -0.1) is 0 Å². The van der Waals surface area contributed by atoms with Gasteiger partial charge in [-0.1, -0.05) is 11.6 Å². The van der Waals surface area contributed by atoms with Gasteiger partial charge >= 0.3 is 5.97 Å². The molecule has 1 atom stereocenters. The van der Waals surface area contributed by atoms with E-state index in [1.165, 1.54) is 0 Å². The van der Waals surface area contributed by atoms with Crippen LogP contribution in [0.25, 0.3) is 10.9 Å². The topological polar surface area (TPSA) is 68.1 Å². The van der Waals surface area contributed by atoms with Crippen LogP contribution >= 0.6 is 11.6 Å². The number of halogens is 1. The molecule has 1 aromatic heterocycles. The van der Waals surface area contributed by atoms with E-state index >= 15 is 0 Å². The van der Waals surface area contributed by atoms with Crippen LogP contribution in [0.1, 0.15) is 18.5 Å². The number of ether oxygens (including phenoxy) is 1. The molecule has 1 heterocycles. The van der Waals surface area contributed by atoms with Crippen molar-refractivity contribution in [2.24, 2.45) is 5.73 Å². The average Bonchev–Trinajstić information content (AvgIpc) is 2.71. The highest BCUT2D eigenvalue weighted by Gasteiger charge is 2.20. The fourth-order valence-electron chi connectivity index (χ4n) is 1.73. The molecule has 2 rings (SSSR count). The number of hydrogen-bond donors (Lipinski definition) is 2. The zero-order valence-corrected chi connectivity index (χ0v) is 10.1. The molecule has 0 aliphatic carbocycles. The number of carbonyl (C=O) groups is 1. The van der Waals surface area contributed by atoms with Gasteiger partial charge in [0.15, 0.2) is 0 Å². The van der Waals surface area contributed by atoms with Crippen LogP contribution in [-0.2, 0) is 9.53 Å². The summed E-state index contributed by atoms with van der Waals surface area (Å²) in [5, 5.41) is 1.45. The lowest BCUT2D eigenvalue weighted by molar-refractivity contribution is -0.144. The Bertz CT molecular complexity index is 550. The van der Waals surface area contributed by atoms with Crippen molar-refractivity contribution in [2.75, 3.05) is 6.61 Å². The van der Waals surface area contributed by atoms with Crippen LogP contribution in [0.2, 0.25) is 5.02 Å². The number of benzene rings is 1. The summed E-state index contributed by atoms with van der Waals surface area (Å²) in [7, 11) is 0. The minimum Gasteiger partial charge on any atom is -0.465 e. The summed E-state index contributed by atoms with van der Waals surface area (Å²) >= 11 is 5.92. The number of nitrogens with two attached hydrogens (primary N) is 1. The first-order valence-corrected chi connectivity index (χ1v) is 5.70. The second-order valence-electron chi connectivity index (χ2n) is 3.66. The van der Waals surface area contributed by atoms with E-state index in [0.29, 0.717) is 17.2 Å². The molecule has 0 unspecified atom stereocenters. The molecule has 2 aromatic rings. The second kappa shape index (κ2) is 4.77. The average molecular weight is 253 g/mol. The summed E-state index contributed by atoms with van der Waals surface area (Å²) in [6.07, 6.45) is 1.71. The van der Waals surface area contributed by atoms with E-state index < -0.39 is 12.0 Å². The quantitative estimate of drug-likeness (QED) is 0.824. The van der Waals surface area contributed by atoms with E-state index in [4.69, 9.17) is 22.1 Å². The lowest BCUT2D eigenvalue weighted by Gasteiger charge is -2.09. The molecule has 0 fully saturated rings. The largest absolute Gasteiger partial charge is 0.465 e. The fourth-order valence-corrected chi connectivity index (χ4v) is 1.90. The molecule has 5 heteroatoms. The molecule has 3 N–H and O–H groups in total. The third-order valence-electron chi connectivity index (χ3n) is 2.55. The summed E-state index contributed by atoms with van der Waals surface area (Å²) in [6, 6.07) is 4.61. The van der Waals surface area contributed by atoms with Crippen molar-refractivity contribution >= 4 is 28.5 Å². The third-order valence-corrected chi connectivity index (χ3v) is 2.79. The molecule has 0 radical (unpaired) electrons. The molecule has 0 aliphatic rings. The minimum atomic E-state index is -0.790. The number of aromatic amines is 1. The maximum atomic E-state index is 11.6. The van der Waals surface area contributed by atoms with Crippen LogP contribution in [0.4, 0.5) is 0 Å². The number of nitrogens with one attached hydrogen (secondary N) is 1. The standard InChI is InChI=1S/C12H13ClN2O2/c1-2-17-12(16)11(14)9-6-15-10-4-3-7(13)5-8(9)10/h3-6,11,15H,2,14H2,1H3/t11-/m0/s1. The molecule has 0 amide bonds. The smallest absolute Gasteiger partial charge is 0.327 e. The Balaban J connectivity index is 2.41. The predicted molar refractivity (Wildman–Crippen MR) is 66.9 cm³/mol. The van der Waals surface area contributed by atoms with Crippen molar-refractivity contribution in [1.29, 1.82) is 0 Å². The molecule has 0 aliphatic heterocycles. The van der Waals surface area contributed by atoms with Gasteiger partial charge in [0.1, 0.15) is 6.04 Å². The molecule has 4 nitrogen and oxygen atoms in total. The summed E-state index contributed by atoms with van der Waals surface area (Å²) < 4.78 is 4.90. The molecular formula is C12H13ClN2O2. The van der Waals surface area contributed by atoms with Gasteiger partial charge in [-0.25, -0.2) is 4.79 Å². The number of rotatable bonds is 3. The SMILES string of the molecule is CCOC(=O)[C@@H](N)c1c[nH]c2ccc(Cl)cc12. The number of carbonyl (C=O) groups excluding carboxylic acids is 1. The molecule has 1 aromatic carbocycles. The summed E-state index contributed by atoms with van der Waals surface area (Å²) in [4.78, 5) is 14.6. The number of aromatic nitrogens is 1. The van der Waals surface area contributed by atoms with E-state index in [1.54, 1.807) is 25.3 Å². The Morgan fingerprint density at radius 2 is 2.35 bits per heavy atom. The van der Waals surface area contributed by atoms with Gasteiger partial charge in [-0.05, 0) is 25.1 Å². The van der Waals surface area contributed by atoms with Gasteiger partial charge in [-0.3, -0.25) is 0 Å². The van der Waals surface area contributed by atoms with Crippen LogP contribution in [0.3, 0.4) is 0 Å². The molecule has 0 spiro atoms.